The number of carbonyl (C=O) groups excluding carboxylic acids is 2. The maximum Gasteiger partial charge on any atom is 0.387 e. The standard InChI is InChI=1S/C16H14F3N3O3/c17-10-1-3-11(4-2-10)21-14(23)9-20-16(24)22-12-5-7-13(8-6-12)25-15(18)19/h1-8,15H,9H2,(H,21,23)(H2,20,22,24). The largest absolute Gasteiger partial charge is 0.435 e. The Morgan fingerprint density at radius 2 is 1.48 bits per heavy atom. The lowest BCUT2D eigenvalue weighted by Gasteiger charge is -2.09. The van der Waals surface area contributed by atoms with Crippen molar-refractivity contribution in [2.45, 2.75) is 6.61 Å². The zero-order valence-electron chi connectivity index (χ0n) is 12.8. The summed E-state index contributed by atoms with van der Waals surface area (Å²) in [6.45, 7) is -3.24. The highest BCUT2D eigenvalue weighted by atomic mass is 19.3. The Balaban J connectivity index is 1.76. The topological polar surface area (TPSA) is 79.5 Å². The number of amides is 3. The molecule has 3 amide bonds. The van der Waals surface area contributed by atoms with Crippen molar-refractivity contribution in [2.24, 2.45) is 0 Å². The first-order valence-electron chi connectivity index (χ1n) is 7.07. The highest BCUT2D eigenvalue weighted by molar-refractivity contribution is 5.96. The highest BCUT2D eigenvalue weighted by Gasteiger charge is 2.07. The smallest absolute Gasteiger partial charge is 0.387 e. The van der Waals surface area contributed by atoms with Crippen LogP contribution >= 0.6 is 0 Å². The van der Waals surface area contributed by atoms with Crippen LogP contribution in [0, 0.1) is 5.82 Å². The van der Waals surface area contributed by atoms with Gasteiger partial charge >= 0.3 is 12.6 Å². The number of benzene rings is 2. The number of alkyl halides is 2. The van der Waals surface area contributed by atoms with Gasteiger partial charge in [0.1, 0.15) is 11.6 Å². The minimum absolute atomic E-state index is 0.0420. The second kappa shape index (κ2) is 8.57. The van der Waals surface area contributed by atoms with Gasteiger partial charge in [-0.15, -0.1) is 0 Å². The fourth-order valence-corrected chi connectivity index (χ4v) is 1.79. The van der Waals surface area contributed by atoms with E-state index < -0.39 is 24.4 Å². The predicted octanol–water partition coefficient (Wildman–Crippen LogP) is 3.19. The molecule has 0 atom stereocenters. The number of halogens is 3. The van der Waals surface area contributed by atoms with Crippen molar-refractivity contribution < 1.29 is 27.5 Å². The molecule has 25 heavy (non-hydrogen) atoms. The molecule has 0 saturated heterocycles. The van der Waals surface area contributed by atoms with Gasteiger partial charge in [0.05, 0.1) is 6.54 Å². The summed E-state index contributed by atoms with van der Waals surface area (Å²) >= 11 is 0. The second-order valence-corrected chi connectivity index (χ2v) is 4.77. The third kappa shape index (κ3) is 6.42. The van der Waals surface area contributed by atoms with E-state index in [1.807, 2.05) is 0 Å². The van der Waals surface area contributed by atoms with Crippen molar-refractivity contribution in [1.29, 1.82) is 0 Å². The number of hydrogen-bond donors (Lipinski definition) is 3. The van der Waals surface area contributed by atoms with Crippen LogP contribution in [0.4, 0.5) is 29.3 Å². The molecule has 0 fully saturated rings. The molecule has 0 aliphatic carbocycles. The summed E-state index contributed by atoms with van der Waals surface area (Å²) < 4.78 is 41.0. The molecule has 2 rings (SSSR count). The van der Waals surface area contributed by atoms with Crippen LogP contribution in [-0.2, 0) is 4.79 Å². The summed E-state index contributed by atoms with van der Waals surface area (Å²) in [6.07, 6.45) is 0. The number of anilines is 2. The van der Waals surface area contributed by atoms with Crippen LogP contribution < -0.4 is 20.7 Å². The summed E-state index contributed by atoms with van der Waals surface area (Å²) in [5.41, 5.74) is 0.723. The Kier molecular flexibility index (Phi) is 6.21. The van der Waals surface area contributed by atoms with Crippen LogP contribution in [0.2, 0.25) is 0 Å². The lowest BCUT2D eigenvalue weighted by molar-refractivity contribution is -0.115. The molecule has 6 nitrogen and oxygen atoms in total. The van der Waals surface area contributed by atoms with Crippen molar-refractivity contribution in [3.63, 3.8) is 0 Å². The Morgan fingerprint density at radius 1 is 0.920 bits per heavy atom. The fraction of sp³-hybridized carbons (Fsp3) is 0.125. The van der Waals surface area contributed by atoms with E-state index in [0.29, 0.717) is 11.4 Å². The van der Waals surface area contributed by atoms with Gasteiger partial charge in [0.2, 0.25) is 5.91 Å². The summed E-state index contributed by atoms with van der Waals surface area (Å²) in [6, 6.07) is 9.77. The summed E-state index contributed by atoms with van der Waals surface area (Å²) in [7, 11) is 0. The zero-order chi connectivity index (χ0) is 18.2. The van der Waals surface area contributed by atoms with E-state index in [9.17, 15) is 22.8 Å². The van der Waals surface area contributed by atoms with Crippen molar-refractivity contribution in [3.05, 3.63) is 54.3 Å². The molecule has 0 radical (unpaired) electrons. The molecule has 0 saturated carbocycles. The van der Waals surface area contributed by atoms with Crippen molar-refractivity contribution in [2.75, 3.05) is 17.2 Å². The van der Waals surface area contributed by atoms with Gasteiger partial charge in [0.15, 0.2) is 0 Å². The Morgan fingerprint density at radius 3 is 2.08 bits per heavy atom. The van der Waals surface area contributed by atoms with Crippen molar-refractivity contribution >= 4 is 23.3 Å². The minimum atomic E-state index is -2.93. The predicted molar refractivity (Wildman–Crippen MR) is 85.1 cm³/mol. The van der Waals surface area contributed by atoms with E-state index in [2.05, 4.69) is 20.7 Å². The molecule has 2 aromatic carbocycles. The lowest BCUT2D eigenvalue weighted by Crippen LogP contribution is -2.35. The van der Waals surface area contributed by atoms with Gasteiger partial charge < -0.3 is 20.7 Å². The van der Waals surface area contributed by atoms with Crippen LogP contribution in [0.15, 0.2) is 48.5 Å². The molecule has 0 aliphatic rings. The van der Waals surface area contributed by atoms with Crippen LogP contribution in [0.1, 0.15) is 0 Å². The lowest BCUT2D eigenvalue weighted by atomic mass is 10.3. The van der Waals surface area contributed by atoms with Gasteiger partial charge in [-0.1, -0.05) is 0 Å². The first-order chi connectivity index (χ1) is 11.9. The molecule has 0 heterocycles. The van der Waals surface area contributed by atoms with Gasteiger partial charge in [-0.25, -0.2) is 9.18 Å². The van der Waals surface area contributed by atoms with E-state index in [1.165, 1.54) is 48.5 Å². The molecule has 0 aromatic heterocycles. The number of carbonyl (C=O) groups is 2. The van der Waals surface area contributed by atoms with E-state index >= 15 is 0 Å². The van der Waals surface area contributed by atoms with E-state index in [-0.39, 0.29) is 12.3 Å². The number of rotatable bonds is 6. The van der Waals surface area contributed by atoms with Crippen LogP contribution in [0.3, 0.4) is 0 Å². The molecule has 0 aliphatic heterocycles. The molecular formula is C16H14F3N3O3. The summed E-state index contributed by atoms with van der Waals surface area (Å²) in [5, 5.41) is 7.23. The van der Waals surface area contributed by atoms with E-state index in [0.717, 1.165) is 0 Å². The summed E-state index contributed by atoms with van der Waals surface area (Å²) in [4.78, 5) is 23.3. The van der Waals surface area contributed by atoms with Crippen molar-refractivity contribution in [1.82, 2.24) is 5.32 Å². The first kappa shape index (κ1) is 18.1. The van der Waals surface area contributed by atoms with E-state index in [1.54, 1.807) is 0 Å². The van der Waals surface area contributed by atoms with Crippen LogP contribution in [0.25, 0.3) is 0 Å². The number of hydrogen-bond acceptors (Lipinski definition) is 3. The van der Waals surface area contributed by atoms with Crippen LogP contribution in [0.5, 0.6) is 5.75 Å². The van der Waals surface area contributed by atoms with Gasteiger partial charge in [0, 0.05) is 11.4 Å². The Hall–Kier alpha value is -3.23. The molecule has 0 spiro atoms. The third-order valence-electron chi connectivity index (χ3n) is 2.87. The van der Waals surface area contributed by atoms with Crippen LogP contribution in [-0.4, -0.2) is 25.1 Å². The molecule has 2 aromatic rings. The molecule has 0 unspecified atom stereocenters. The fourth-order valence-electron chi connectivity index (χ4n) is 1.79. The molecular weight excluding hydrogens is 339 g/mol. The minimum Gasteiger partial charge on any atom is -0.435 e. The number of nitrogens with one attached hydrogen (secondary N) is 3. The quantitative estimate of drug-likeness (QED) is 0.746. The molecule has 9 heteroatoms. The number of ether oxygens (including phenoxy) is 1. The molecule has 132 valence electrons. The maximum absolute atomic E-state index is 12.7. The van der Waals surface area contributed by atoms with E-state index in [4.69, 9.17) is 0 Å². The molecule has 3 N–H and O–H groups in total. The highest BCUT2D eigenvalue weighted by Crippen LogP contribution is 2.17. The normalized spacial score (nSPS) is 10.2. The monoisotopic (exact) mass is 353 g/mol. The SMILES string of the molecule is O=C(CNC(=O)Nc1ccc(OC(F)F)cc1)Nc1ccc(F)cc1. The zero-order valence-corrected chi connectivity index (χ0v) is 12.8. The first-order valence-corrected chi connectivity index (χ1v) is 7.07. The van der Waals surface area contributed by atoms with Crippen molar-refractivity contribution in [3.8, 4) is 5.75 Å². The molecule has 0 bridgehead atoms. The van der Waals surface area contributed by atoms with Gasteiger partial charge in [0.25, 0.3) is 0 Å². The maximum atomic E-state index is 12.7. The Bertz CT molecular complexity index is 722. The van der Waals surface area contributed by atoms with Gasteiger partial charge in [-0.3, -0.25) is 4.79 Å². The third-order valence-corrected chi connectivity index (χ3v) is 2.87. The van der Waals surface area contributed by atoms with Gasteiger partial charge in [-0.2, -0.15) is 8.78 Å². The average molecular weight is 353 g/mol. The summed E-state index contributed by atoms with van der Waals surface area (Å²) in [5.74, 6) is -0.970. The number of urea groups is 1. The average Bonchev–Trinajstić information content (AvgIpc) is 2.56. The Labute approximate surface area is 141 Å². The second-order valence-electron chi connectivity index (χ2n) is 4.77. The van der Waals surface area contributed by atoms with Gasteiger partial charge in [-0.05, 0) is 48.5 Å².